The standard InChI is InChI=1S/C14H18N2O5/c17-14(18)12-5-4-10(9-13(12)16(19)20)15-7-6-11-3-1-2-8-21-11/h4-5,9,11,15H,1-3,6-8H2,(H,17,18). The van der Waals surface area contributed by atoms with Crippen LogP contribution in [0.5, 0.6) is 0 Å². The van der Waals surface area contributed by atoms with E-state index >= 15 is 0 Å². The molecule has 2 N–H and O–H groups in total. The molecular formula is C14H18N2O5. The molecule has 21 heavy (non-hydrogen) atoms. The van der Waals surface area contributed by atoms with Gasteiger partial charge in [0.05, 0.1) is 11.0 Å². The molecule has 0 aliphatic carbocycles. The number of rotatable bonds is 6. The zero-order chi connectivity index (χ0) is 15.2. The SMILES string of the molecule is O=C(O)c1ccc(NCCC2CCCCO2)cc1[N+](=O)[O-]. The molecular weight excluding hydrogens is 276 g/mol. The molecule has 1 aromatic carbocycles. The van der Waals surface area contributed by atoms with Crippen molar-refractivity contribution in [3.05, 3.63) is 33.9 Å². The summed E-state index contributed by atoms with van der Waals surface area (Å²) in [6.07, 6.45) is 4.38. The van der Waals surface area contributed by atoms with Crippen LogP contribution in [0, 0.1) is 10.1 Å². The summed E-state index contributed by atoms with van der Waals surface area (Å²) in [6, 6.07) is 4.04. The molecule has 1 heterocycles. The fraction of sp³-hybridized carbons (Fsp3) is 0.500. The first kappa shape index (κ1) is 15.2. The minimum Gasteiger partial charge on any atom is -0.477 e. The summed E-state index contributed by atoms with van der Waals surface area (Å²) in [5.41, 5.74) is -0.162. The van der Waals surface area contributed by atoms with E-state index in [4.69, 9.17) is 9.84 Å². The molecule has 1 saturated heterocycles. The Morgan fingerprint density at radius 2 is 2.29 bits per heavy atom. The molecule has 0 saturated carbocycles. The third kappa shape index (κ3) is 4.16. The fourth-order valence-electron chi connectivity index (χ4n) is 2.39. The van der Waals surface area contributed by atoms with Crippen LogP contribution in [0.2, 0.25) is 0 Å². The predicted molar refractivity (Wildman–Crippen MR) is 76.8 cm³/mol. The van der Waals surface area contributed by atoms with Gasteiger partial charge in [0.15, 0.2) is 0 Å². The number of nitrogens with one attached hydrogen (secondary N) is 1. The fourth-order valence-corrected chi connectivity index (χ4v) is 2.39. The molecule has 1 unspecified atom stereocenters. The highest BCUT2D eigenvalue weighted by Gasteiger charge is 2.20. The van der Waals surface area contributed by atoms with Gasteiger partial charge >= 0.3 is 5.97 Å². The van der Waals surface area contributed by atoms with Gasteiger partial charge in [-0.05, 0) is 37.8 Å². The molecule has 114 valence electrons. The Morgan fingerprint density at radius 1 is 1.48 bits per heavy atom. The zero-order valence-corrected chi connectivity index (χ0v) is 11.6. The maximum atomic E-state index is 10.9. The number of nitro groups is 1. The van der Waals surface area contributed by atoms with Crippen LogP contribution in [-0.4, -0.2) is 35.3 Å². The van der Waals surface area contributed by atoms with E-state index in [2.05, 4.69) is 5.32 Å². The summed E-state index contributed by atoms with van der Waals surface area (Å²) in [5.74, 6) is -1.30. The van der Waals surface area contributed by atoms with Crippen molar-refractivity contribution in [2.24, 2.45) is 0 Å². The van der Waals surface area contributed by atoms with Crippen molar-refractivity contribution in [2.45, 2.75) is 31.8 Å². The van der Waals surface area contributed by atoms with Gasteiger partial charge in [0.25, 0.3) is 5.69 Å². The molecule has 0 spiro atoms. The molecule has 0 radical (unpaired) electrons. The van der Waals surface area contributed by atoms with Gasteiger partial charge in [0, 0.05) is 24.9 Å². The number of carboxylic acids is 1. The molecule has 1 fully saturated rings. The molecule has 1 aliphatic heterocycles. The highest BCUT2D eigenvalue weighted by Crippen LogP contribution is 2.23. The molecule has 7 heteroatoms. The number of anilines is 1. The second kappa shape index (κ2) is 7.03. The summed E-state index contributed by atoms with van der Waals surface area (Å²) in [7, 11) is 0. The summed E-state index contributed by atoms with van der Waals surface area (Å²) in [4.78, 5) is 21.1. The second-order valence-corrected chi connectivity index (χ2v) is 5.00. The molecule has 0 bridgehead atoms. The van der Waals surface area contributed by atoms with Gasteiger partial charge in [0.2, 0.25) is 0 Å². The third-order valence-electron chi connectivity index (χ3n) is 3.49. The van der Waals surface area contributed by atoms with Crippen LogP contribution in [0.3, 0.4) is 0 Å². The largest absolute Gasteiger partial charge is 0.477 e. The minimum absolute atomic E-state index is 0.236. The Balaban J connectivity index is 1.95. The van der Waals surface area contributed by atoms with E-state index in [1.165, 1.54) is 24.6 Å². The van der Waals surface area contributed by atoms with E-state index < -0.39 is 16.6 Å². The highest BCUT2D eigenvalue weighted by molar-refractivity contribution is 5.93. The highest BCUT2D eigenvalue weighted by atomic mass is 16.6. The van der Waals surface area contributed by atoms with Gasteiger partial charge < -0.3 is 15.2 Å². The van der Waals surface area contributed by atoms with E-state index in [0.717, 1.165) is 25.9 Å². The Kier molecular flexibility index (Phi) is 5.10. The smallest absolute Gasteiger partial charge is 0.342 e. The lowest BCUT2D eigenvalue weighted by Gasteiger charge is -2.22. The van der Waals surface area contributed by atoms with Crippen LogP contribution in [0.4, 0.5) is 11.4 Å². The van der Waals surface area contributed by atoms with Crippen molar-refractivity contribution >= 4 is 17.3 Å². The average molecular weight is 294 g/mol. The number of hydrogen-bond acceptors (Lipinski definition) is 5. The Morgan fingerprint density at radius 3 is 2.90 bits per heavy atom. The number of aromatic carboxylic acids is 1. The van der Waals surface area contributed by atoms with Crippen molar-refractivity contribution < 1.29 is 19.6 Å². The van der Waals surface area contributed by atoms with Crippen molar-refractivity contribution in [3.8, 4) is 0 Å². The Bertz CT molecular complexity index is 526. The monoisotopic (exact) mass is 294 g/mol. The third-order valence-corrected chi connectivity index (χ3v) is 3.49. The first-order valence-electron chi connectivity index (χ1n) is 6.95. The number of nitrogens with zero attached hydrogens (tertiary/aromatic N) is 1. The van der Waals surface area contributed by atoms with Gasteiger partial charge in [-0.25, -0.2) is 4.79 Å². The molecule has 0 aromatic heterocycles. The van der Waals surface area contributed by atoms with E-state index in [-0.39, 0.29) is 11.7 Å². The summed E-state index contributed by atoms with van der Waals surface area (Å²) in [5, 5.41) is 22.9. The lowest BCUT2D eigenvalue weighted by Crippen LogP contribution is -2.22. The average Bonchev–Trinajstić information content (AvgIpc) is 2.48. The van der Waals surface area contributed by atoms with Crippen molar-refractivity contribution in [1.29, 1.82) is 0 Å². The van der Waals surface area contributed by atoms with Crippen molar-refractivity contribution in [3.63, 3.8) is 0 Å². The Labute approximate surface area is 122 Å². The maximum Gasteiger partial charge on any atom is 0.342 e. The summed E-state index contributed by atoms with van der Waals surface area (Å²) in [6.45, 7) is 1.43. The van der Waals surface area contributed by atoms with Crippen molar-refractivity contribution in [2.75, 3.05) is 18.5 Å². The molecule has 2 rings (SSSR count). The number of ether oxygens (including phenoxy) is 1. The van der Waals surface area contributed by atoms with E-state index in [9.17, 15) is 14.9 Å². The van der Waals surface area contributed by atoms with Gasteiger partial charge in [-0.1, -0.05) is 0 Å². The number of hydrogen-bond donors (Lipinski definition) is 2. The normalized spacial score (nSPS) is 18.2. The van der Waals surface area contributed by atoms with Crippen molar-refractivity contribution in [1.82, 2.24) is 0 Å². The van der Waals surface area contributed by atoms with Crippen LogP contribution in [0.1, 0.15) is 36.0 Å². The zero-order valence-electron chi connectivity index (χ0n) is 11.6. The maximum absolute atomic E-state index is 10.9. The minimum atomic E-state index is -1.30. The van der Waals surface area contributed by atoms with E-state index in [1.807, 2.05) is 0 Å². The number of carboxylic acid groups (broad SMARTS) is 1. The van der Waals surface area contributed by atoms with Crippen LogP contribution >= 0.6 is 0 Å². The quantitative estimate of drug-likeness (QED) is 0.617. The van der Waals surface area contributed by atoms with E-state index in [0.29, 0.717) is 12.2 Å². The van der Waals surface area contributed by atoms with Crippen LogP contribution < -0.4 is 5.32 Å². The lowest BCUT2D eigenvalue weighted by atomic mass is 10.1. The molecule has 0 amide bonds. The van der Waals surface area contributed by atoms with Gasteiger partial charge in [-0.2, -0.15) is 0 Å². The van der Waals surface area contributed by atoms with Gasteiger partial charge in [-0.15, -0.1) is 0 Å². The summed E-state index contributed by atoms with van der Waals surface area (Å²) >= 11 is 0. The predicted octanol–water partition coefficient (Wildman–Crippen LogP) is 2.66. The lowest BCUT2D eigenvalue weighted by molar-refractivity contribution is -0.385. The molecule has 1 atom stereocenters. The van der Waals surface area contributed by atoms with Gasteiger partial charge in [-0.3, -0.25) is 10.1 Å². The van der Waals surface area contributed by atoms with E-state index in [1.54, 1.807) is 0 Å². The number of carbonyl (C=O) groups is 1. The topological polar surface area (TPSA) is 102 Å². The van der Waals surface area contributed by atoms with Crippen LogP contribution in [0.25, 0.3) is 0 Å². The summed E-state index contributed by atoms with van der Waals surface area (Å²) < 4.78 is 5.60. The molecule has 1 aliphatic rings. The first-order chi connectivity index (χ1) is 10.1. The second-order valence-electron chi connectivity index (χ2n) is 5.00. The number of benzene rings is 1. The Hall–Kier alpha value is -2.15. The first-order valence-corrected chi connectivity index (χ1v) is 6.95. The van der Waals surface area contributed by atoms with Crippen LogP contribution in [0.15, 0.2) is 18.2 Å². The van der Waals surface area contributed by atoms with Gasteiger partial charge in [0.1, 0.15) is 5.56 Å². The molecule has 1 aromatic rings. The number of nitro benzene ring substituents is 1. The van der Waals surface area contributed by atoms with Crippen LogP contribution in [-0.2, 0) is 4.74 Å². The molecule has 7 nitrogen and oxygen atoms in total.